The molecule has 1 atom stereocenters. The van der Waals surface area contributed by atoms with Crippen molar-refractivity contribution in [3.05, 3.63) is 23.8 Å². The average Bonchev–Trinajstić information content (AvgIpc) is 2.28. The molecule has 0 aliphatic heterocycles. The van der Waals surface area contributed by atoms with Gasteiger partial charge in [-0.1, -0.05) is 6.07 Å². The maximum atomic E-state index is 13.0. The van der Waals surface area contributed by atoms with Crippen molar-refractivity contribution in [3.63, 3.8) is 0 Å². The molecule has 0 radical (unpaired) electrons. The van der Waals surface area contributed by atoms with E-state index in [1.165, 1.54) is 19.2 Å². The van der Waals surface area contributed by atoms with Gasteiger partial charge in [-0.15, -0.1) is 3.89 Å². The van der Waals surface area contributed by atoms with Crippen molar-refractivity contribution in [2.45, 2.75) is 17.5 Å². The van der Waals surface area contributed by atoms with Gasteiger partial charge < -0.3 is 9.47 Å². The minimum atomic E-state index is -4.89. The molecule has 6 nitrogen and oxygen atoms in total. The number of rotatable bonds is 6. The number of hydrogen-bond acceptors (Lipinski definition) is 6. The zero-order chi connectivity index (χ0) is 13.8. The van der Waals surface area contributed by atoms with Crippen LogP contribution in [0, 0.1) is 0 Å². The first kappa shape index (κ1) is 14.4. The van der Waals surface area contributed by atoms with E-state index in [0.29, 0.717) is 5.56 Å². The Morgan fingerprint density at radius 2 is 2.17 bits per heavy atom. The van der Waals surface area contributed by atoms with Gasteiger partial charge in [-0.3, -0.25) is 10.5 Å². The van der Waals surface area contributed by atoms with E-state index in [1.807, 2.05) is 0 Å². The van der Waals surface area contributed by atoms with Gasteiger partial charge in [-0.25, -0.2) is 0 Å². The summed E-state index contributed by atoms with van der Waals surface area (Å²) in [5, 5.41) is 0. The van der Waals surface area contributed by atoms with Gasteiger partial charge in [-0.2, -0.15) is 8.42 Å². The van der Waals surface area contributed by atoms with Crippen molar-refractivity contribution in [1.29, 1.82) is 0 Å². The second-order valence-corrected chi connectivity index (χ2v) is 4.71. The number of ether oxygens (including phenoxy) is 2. The third-order valence-corrected chi connectivity index (χ3v) is 3.00. The van der Waals surface area contributed by atoms with E-state index in [9.17, 15) is 17.1 Å². The standard InChI is InChI=1S/C10H12FNO5S/c1-16-8-3-2-7(5-10(12)17-6-13)4-9(8)18(11,14)15/h2-4,6,10H,5,12H2,1H3. The molecule has 0 saturated carbocycles. The summed E-state index contributed by atoms with van der Waals surface area (Å²) >= 11 is 0. The fraction of sp³-hybridized carbons (Fsp3) is 0.300. The van der Waals surface area contributed by atoms with Gasteiger partial charge in [0.25, 0.3) is 6.47 Å². The Labute approximate surface area is 104 Å². The lowest BCUT2D eigenvalue weighted by Crippen LogP contribution is -2.25. The first-order chi connectivity index (χ1) is 8.38. The fourth-order valence-electron chi connectivity index (χ4n) is 1.39. The Balaban J connectivity index is 3.07. The van der Waals surface area contributed by atoms with E-state index in [2.05, 4.69) is 4.74 Å². The molecule has 0 aromatic heterocycles. The lowest BCUT2D eigenvalue weighted by molar-refractivity contribution is -0.133. The first-order valence-corrected chi connectivity index (χ1v) is 6.23. The van der Waals surface area contributed by atoms with Crippen LogP contribution in [-0.4, -0.2) is 28.2 Å². The van der Waals surface area contributed by atoms with Crippen LogP contribution in [0.1, 0.15) is 5.56 Å². The number of halogens is 1. The molecule has 0 fully saturated rings. The van der Waals surface area contributed by atoms with Crippen LogP contribution in [0.2, 0.25) is 0 Å². The summed E-state index contributed by atoms with van der Waals surface area (Å²) in [6.07, 6.45) is -0.864. The van der Waals surface area contributed by atoms with Crippen molar-refractivity contribution in [2.75, 3.05) is 7.11 Å². The third kappa shape index (κ3) is 3.67. The zero-order valence-electron chi connectivity index (χ0n) is 9.50. The number of benzene rings is 1. The predicted molar refractivity (Wildman–Crippen MR) is 60.1 cm³/mol. The molecule has 1 rings (SSSR count). The molecule has 1 unspecified atom stereocenters. The number of methoxy groups -OCH3 is 1. The van der Waals surface area contributed by atoms with Crippen LogP contribution in [-0.2, 0) is 26.2 Å². The molecule has 0 bridgehead atoms. The van der Waals surface area contributed by atoms with Gasteiger partial charge in [0, 0.05) is 6.42 Å². The van der Waals surface area contributed by atoms with E-state index < -0.39 is 21.3 Å². The molecule has 0 heterocycles. The molecular weight excluding hydrogens is 265 g/mol. The Hall–Kier alpha value is -1.67. The van der Waals surface area contributed by atoms with E-state index in [0.717, 1.165) is 6.07 Å². The maximum absolute atomic E-state index is 13.0. The second-order valence-electron chi connectivity index (χ2n) is 3.40. The van der Waals surface area contributed by atoms with E-state index in [1.54, 1.807) is 0 Å². The molecule has 0 aliphatic carbocycles. The molecule has 0 aliphatic rings. The summed E-state index contributed by atoms with van der Waals surface area (Å²) < 4.78 is 44.0. The summed E-state index contributed by atoms with van der Waals surface area (Å²) in [7, 11) is -3.67. The Morgan fingerprint density at radius 1 is 1.50 bits per heavy atom. The zero-order valence-corrected chi connectivity index (χ0v) is 10.3. The van der Waals surface area contributed by atoms with Crippen molar-refractivity contribution in [2.24, 2.45) is 5.73 Å². The normalized spacial score (nSPS) is 12.8. The van der Waals surface area contributed by atoms with Gasteiger partial charge in [0.05, 0.1) is 7.11 Å². The Kier molecular flexibility index (Phi) is 4.62. The molecule has 8 heteroatoms. The summed E-state index contributed by atoms with van der Waals surface area (Å²) in [6.45, 7) is 0.182. The van der Waals surface area contributed by atoms with Crippen molar-refractivity contribution >= 4 is 16.7 Å². The quantitative estimate of drug-likeness (QED) is 0.458. The summed E-state index contributed by atoms with van der Waals surface area (Å²) in [6, 6.07) is 3.89. The van der Waals surface area contributed by atoms with Gasteiger partial charge in [0.2, 0.25) is 0 Å². The highest BCUT2D eigenvalue weighted by atomic mass is 32.3. The van der Waals surface area contributed by atoms with Gasteiger partial charge in [-0.05, 0) is 17.7 Å². The van der Waals surface area contributed by atoms with E-state index in [4.69, 9.17) is 10.5 Å². The fourth-order valence-corrected chi connectivity index (χ4v) is 2.07. The van der Waals surface area contributed by atoms with Crippen molar-refractivity contribution < 1.29 is 26.6 Å². The van der Waals surface area contributed by atoms with Crippen LogP contribution in [0.3, 0.4) is 0 Å². The van der Waals surface area contributed by atoms with Crippen LogP contribution in [0.5, 0.6) is 5.75 Å². The van der Waals surface area contributed by atoms with Crippen molar-refractivity contribution in [1.82, 2.24) is 0 Å². The molecule has 1 aromatic carbocycles. The molecule has 0 spiro atoms. The minimum absolute atomic E-state index is 0.0608. The monoisotopic (exact) mass is 277 g/mol. The molecular formula is C10H12FNO5S. The Morgan fingerprint density at radius 3 is 2.67 bits per heavy atom. The van der Waals surface area contributed by atoms with Crippen LogP contribution in [0.15, 0.2) is 23.1 Å². The van der Waals surface area contributed by atoms with Gasteiger partial charge >= 0.3 is 10.2 Å². The van der Waals surface area contributed by atoms with Crippen LogP contribution in [0.4, 0.5) is 3.89 Å². The molecule has 1 aromatic rings. The largest absolute Gasteiger partial charge is 0.495 e. The number of nitrogens with two attached hydrogens (primary N) is 1. The predicted octanol–water partition coefficient (Wildman–Crippen LogP) is 0.354. The number of carbonyl (C=O) groups excluding carboxylic acids is 1. The lowest BCUT2D eigenvalue weighted by Gasteiger charge is -2.11. The molecule has 0 saturated heterocycles. The average molecular weight is 277 g/mol. The molecule has 0 amide bonds. The van der Waals surface area contributed by atoms with E-state index >= 15 is 0 Å². The summed E-state index contributed by atoms with van der Waals surface area (Å²) in [5.41, 5.74) is 5.82. The summed E-state index contributed by atoms with van der Waals surface area (Å²) in [5.74, 6) is -0.105. The SMILES string of the molecule is COc1ccc(CC(N)OC=O)cc1S(=O)(=O)F. The highest BCUT2D eigenvalue weighted by Crippen LogP contribution is 2.26. The second kappa shape index (κ2) is 5.78. The number of hydrogen-bond donors (Lipinski definition) is 1. The molecule has 18 heavy (non-hydrogen) atoms. The maximum Gasteiger partial charge on any atom is 0.335 e. The lowest BCUT2D eigenvalue weighted by atomic mass is 10.1. The Bertz CT molecular complexity index is 531. The number of carbonyl (C=O) groups is 1. The van der Waals surface area contributed by atoms with Gasteiger partial charge in [0.1, 0.15) is 10.6 Å². The highest BCUT2D eigenvalue weighted by Gasteiger charge is 2.19. The van der Waals surface area contributed by atoms with Crippen LogP contribution in [0.25, 0.3) is 0 Å². The highest BCUT2D eigenvalue weighted by molar-refractivity contribution is 7.86. The van der Waals surface area contributed by atoms with E-state index in [-0.39, 0.29) is 18.6 Å². The molecule has 100 valence electrons. The first-order valence-electron chi connectivity index (χ1n) is 4.84. The minimum Gasteiger partial charge on any atom is -0.495 e. The third-order valence-electron chi connectivity index (χ3n) is 2.16. The van der Waals surface area contributed by atoms with Gasteiger partial charge in [0.15, 0.2) is 6.23 Å². The smallest absolute Gasteiger partial charge is 0.335 e. The van der Waals surface area contributed by atoms with Crippen LogP contribution >= 0.6 is 0 Å². The topological polar surface area (TPSA) is 95.7 Å². The van der Waals surface area contributed by atoms with Crippen LogP contribution < -0.4 is 10.5 Å². The van der Waals surface area contributed by atoms with Crippen molar-refractivity contribution in [3.8, 4) is 5.75 Å². The summed E-state index contributed by atoms with van der Waals surface area (Å²) in [4.78, 5) is 9.47. The molecule has 2 N–H and O–H groups in total.